The van der Waals surface area contributed by atoms with Crippen molar-refractivity contribution in [2.75, 3.05) is 12.0 Å². The summed E-state index contributed by atoms with van der Waals surface area (Å²) in [5, 5.41) is 3.98. The number of benzene rings is 2. The van der Waals surface area contributed by atoms with E-state index in [4.69, 9.17) is 0 Å². The number of carbonyl (C=O) groups excluding carboxylic acids is 1. The number of hydrogen-bond acceptors (Lipinski definition) is 4. The molecule has 23 heavy (non-hydrogen) atoms. The van der Waals surface area contributed by atoms with E-state index in [-0.39, 0.29) is 5.91 Å². The number of thioether (sulfide) groups is 2. The maximum atomic E-state index is 11.7. The van der Waals surface area contributed by atoms with Crippen LogP contribution in [0.25, 0.3) is 0 Å². The number of carbonyl (C=O) groups is 1. The van der Waals surface area contributed by atoms with E-state index in [1.807, 2.05) is 48.7 Å². The smallest absolute Gasteiger partial charge is 0.250 e. The molecule has 0 saturated heterocycles. The minimum atomic E-state index is -0.0954. The normalized spacial score (nSPS) is 10.9. The van der Waals surface area contributed by atoms with E-state index in [2.05, 4.69) is 32.5 Å². The van der Waals surface area contributed by atoms with Crippen molar-refractivity contribution in [3.63, 3.8) is 0 Å². The first-order valence-corrected chi connectivity index (χ1v) is 10.1. The van der Waals surface area contributed by atoms with Crippen molar-refractivity contribution < 1.29 is 4.79 Å². The molecule has 2 aromatic rings. The molecular weight excluding hydrogens is 392 g/mol. The molecule has 0 aliphatic rings. The third-order valence-electron chi connectivity index (χ3n) is 2.91. The Morgan fingerprint density at radius 2 is 2.04 bits per heavy atom. The molecule has 0 aromatic heterocycles. The molecule has 0 bridgehead atoms. The van der Waals surface area contributed by atoms with Gasteiger partial charge in [-0.1, -0.05) is 40.2 Å². The molecule has 3 nitrogen and oxygen atoms in total. The van der Waals surface area contributed by atoms with Crippen LogP contribution in [0.4, 0.5) is 0 Å². The number of rotatable bonds is 7. The molecule has 0 spiro atoms. The predicted octanol–water partition coefficient (Wildman–Crippen LogP) is 4.55. The fraction of sp³-hybridized carbons (Fsp3) is 0.176. The summed E-state index contributed by atoms with van der Waals surface area (Å²) in [6.45, 7) is 0. The number of hydrogen-bond donors (Lipinski definition) is 1. The molecule has 0 aliphatic carbocycles. The van der Waals surface area contributed by atoms with Crippen LogP contribution in [-0.4, -0.2) is 24.1 Å². The van der Waals surface area contributed by atoms with Gasteiger partial charge in [0.25, 0.3) is 0 Å². The Bertz CT molecular complexity index is 675. The van der Waals surface area contributed by atoms with Crippen LogP contribution >= 0.6 is 39.5 Å². The van der Waals surface area contributed by atoms with Crippen LogP contribution in [0.15, 0.2) is 63.0 Å². The summed E-state index contributed by atoms with van der Waals surface area (Å²) in [4.78, 5) is 12.9. The Morgan fingerprint density at radius 1 is 1.26 bits per heavy atom. The van der Waals surface area contributed by atoms with Gasteiger partial charge in [-0.3, -0.25) is 4.79 Å². The second kappa shape index (κ2) is 9.80. The van der Waals surface area contributed by atoms with Gasteiger partial charge in [0, 0.05) is 15.1 Å². The Kier molecular flexibility index (Phi) is 7.71. The summed E-state index contributed by atoms with van der Waals surface area (Å²) in [7, 11) is 0. The van der Waals surface area contributed by atoms with Gasteiger partial charge in [-0.05, 0) is 41.6 Å². The van der Waals surface area contributed by atoms with Gasteiger partial charge in [0.05, 0.1) is 12.0 Å². The van der Waals surface area contributed by atoms with Crippen LogP contribution in [0.5, 0.6) is 0 Å². The van der Waals surface area contributed by atoms with E-state index < -0.39 is 0 Å². The van der Waals surface area contributed by atoms with Gasteiger partial charge in [0.15, 0.2) is 0 Å². The lowest BCUT2D eigenvalue weighted by atomic mass is 10.2. The lowest BCUT2D eigenvalue weighted by Gasteiger charge is -2.02. The Morgan fingerprint density at radius 3 is 2.74 bits per heavy atom. The molecule has 2 rings (SSSR count). The molecule has 2 aromatic carbocycles. The maximum Gasteiger partial charge on any atom is 0.250 e. The zero-order chi connectivity index (χ0) is 16.5. The summed E-state index contributed by atoms with van der Waals surface area (Å²) in [6, 6.07) is 16.1. The van der Waals surface area contributed by atoms with Gasteiger partial charge >= 0.3 is 0 Å². The van der Waals surface area contributed by atoms with Crippen LogP contribution in [0.2, 0.25) is 0 Å². The number of nitrogens with zero attached hydrogens (tertiary/aromatic N) is 1. The molecule has 120 valence electrons. The summed E-state index contributed by atoms with van der Waals surface area (Å²) < 4.78 is 1.05. The number of halogens is 1. The van der Waals surface area contributed by atoms with Crippen LogP contribution in [0.3, 0.4) is 0 Å². The highest BCUT2D eigenvalue weighted by molar-refractivity contribution is 9.10. The van der Waals surface area contributed by atoms with Crippen molar-refractivity contribution in [3.8, 4) is 0 Å². The first-order valence-electron chi connectivity index (χ1n) is 6.95. The van der Waals surface area contributed by atoms with Crippen molar-refractivity contribution in [2.45, 2.75) is 10.6 Å². The molecule has 0 heterocycles. The summed E-state index contributed by atoms with van der Waals surface area (Å²) in [5.74, 6) is 1.09. The van der Waals surface area contributed by atoms with Gasteiger partial charge < -0.3 is 0 Å². The van der Waals surface area contributed by atoms with Crippen LogP contribution < -0.4 is 5.43 Å². The van der Waals surface area contributed by atoms with Gasteiger partial charge in [0.1, 0.15) is 0 Å². The molecule has 1 N–H and O–H groups in total. The van der Waals surface area contributed by atoms with Crippen molar-refractivity contribution >= 4 is 51.6 Å². The molecule has 1 amide bonds. The molecule has 0 saturated carbocycles. The Hall–Kier alpha value is -1.24. The van der Waals surface area contributed by atoms with Crippen LogP contribution in [0, 0.1) is 0 Å². The van der Waals surface area contributed by atoms with Crippen molar-refractivity contribution in [3.05, 3.63) is 64.1 Å². The average molecular weight is 409 g/mol. The molecule has 6 heteroatoms. The van der Waals surface area contributed by atoms with E-state index in [1.165, 1.54) is 10.5 Å². The van der Waals surface area contributed by atoms with Crippen LogP contribution in [-0.2, 0) is 10.5 Å². The fourth-order valence-corrected chi connectivity index (χ4v) is 3.41. The molecule has 0 unspecified atom stereocenters. The van der Waals surface area contributed by atoms with E-state index in [0.717, 1.165) is 15.8 Å². The third kappa shape index (κ3) is 6.81. The van der Waals surface area contributed by atoms with E-state index in [0.29, 0.717) is 5.75 Å². The largest absolute Gasteiger partial charge is 0.272 e. The lowest BCUT2D eigenvalue weighted by molar-refractivity contribution is -0.118. The Labute approximate surface area is 153 Å². The van der Waals surface area contributed by atoms with Crippen LogP contribution in [0.1, 0.15) is 11.1 Å². The van der Waals surface area contributed by atoms with E-state index >= 15 is 0 Å². The van der Waals surface area contributed by atoms with E-state index in [1.54, 1.807) is 29.7 Å². The van der Waals surface area contributed by atoms with Gasteiger partial charge in [0.2, 0.25) is 5.91 Å². The third-order valence-corrected chi connectivity index (χ3v) is 5.15. The first kappa shape index (κ1) is 18.1. The minimum Gasteiger partial charge on any atom is -0.272 e. The highest BCUT2D eigenvalue weighted by Gasteiger charge is 2.01. The standard InChI is InChI=1S/C17H17BrN2OS2/c1-22-16-7-5-13(6-8-16)10-19-20-17(21)12-23-11-14-3-2-4-15(18)9-14/h2-10H,11-12H2,1H3,(H,20,21)/b19-10-. The highest BCUT2D eigenvalue weighted by Crippen LogP contribution is 2.17. The quantitative estimate of drug-likeness (QED) is 0.414. The monoisotopic (exact) mass is 408 g/mol. The van der Waals surface area contributed by atoms with Gasteiger partial charge in [-0.25, -0.2) is 5.43 Å². The number of hydrazone groups is 1. The van der Waals surface area contributed by atoms with E-state index in [9.17, 15) is 4.79 Å². The predicted molar refractivity (Wildman–Crippen MR) is 104 cm³/mol. The van der Waals surface area contributed by atoms with Crippen molar-refractivity contribution in [1.82, 2.24) is 5.43 Å². The lowest BCUT2D eigenvalue weighted by Crippen LogP contribution is -2.19. The number of amides is 1. The SMILES string of the molecule is CSc1ccc(/C=N\NC(=O)CSCc2cccc(Br)c2)cc1. The van der Waals surface area contributed by atoms with Crippen molar-refractivity contribution in [1.29, 1.82) is 0 Å². The molecule has 0 fully saturated rings. The zero-order valence-corrected chi connectivity index (χ0v) is 15.9. The molecule has 0 atom stereocenters. The Balaban J connectivity index is 1.71. The summed E-state index contributed by atoms with van der Waals surface area (Å²) in [6.07, 6.45) is 3.69. The molecular formula is C17H17BrN2OS2. The summed E-state index contributed by atoms with van der Waals surface area (Å²) in [5.41, 5.74) is 4.70. The second-order valence-corrected chi connectivity index (χ2v) is 7.47. The molecule has 0 radical (unpaired) electrons. The first-order chi connectivity index (χ1) is 11.2. The van der Waals surface area contributed by atoms with Crippen molar-refractivity contribution in [2.24, 2.45) is 5.10 Å². The fourth-order valence-electron chi connectivity index (χ4n) is 1.79. The second-order valence-electron chi connectivity index (χ2n) is 4.69. The summed E-state index contributed by atoms with van der Waals surface area (Å²) >= 11 is 6.70. The molecule has 0 aliphatic heterocycles. The topological polar surface area (TPSA) is 41.5 Å². The van der Waals surface area contributed by atoms with Gasteiger partial charge in [-0.2, -0.15) is 5.10 Å². The highest BCUT2D eigenvalue weighted by atomic mass is 79.9. The van der Waals surface area contributed by atoms with Gasteiger partial charge in [-0.15, -0.1) is 23.5 Å². The minimum absolute atomic E-state index is 0.0954. The average Bonchev–Trinajstić information content (AvgIpc) is 2.55. The number of nitrogens with one attached hydrogen (secondary N) is 1. The zero-order valence-electron chi connectivity index (χ0n) is 12.7. The maximum absolute atomic E-state index is 11.7.